The number of hydrogen-bond acceptors (Lipinski definition) is 5. The number of pyridine rings is 1. The van der Waals surface area contributed by atoms with Crippen LogP contribution < -0.4 is 5.32 Å². The molecule has 2 aliphatic heterocycles. The Labute approximate surface area is 111 Å². The number of rotatable bonds is 3. The highest BCUT2D eigenvalue weighted by atomic mass is 16.2. The minimum absolute atomic E-state index is 0.197. The molecule has 0 bridgehead atoms. The average molecular weight is 260 g/mol. The lowest BCUT2D eigenvalue weighted by molar-refractivity contribution is 0.0633. The van der Waals surface area contributed by atoms with Crippen molar-refractivity contribution in [3.63, 3.8) is 0 Å². The Balaban J connectivity index is 1.67. The van der Waals surface area contributed by atoms with Crippen LogP contribution >= 0.6 is 0 Å². The van der Waals surface area contributed by atoms with Crippen molar-refractivity contribution in [1.29, 1.82) is 0 Å². The van der Waals surface area contributed by atoms with E-state index in [4.69, 9.17) is 0 Å². The number of carbonyl (C=O) groups excluding carboxylic acids is 2. The van der Waals surface area contributed by atoms with Crippen molar-refractivity contribution in [1.82, 2.24) is 20.1 Å². The van der Waals surface area contributed by atoms with Gasteiger partial charge < -0.3 is 5.32 Å². The minimum Gasteiger partial charge on any atom is -0.314 e. The van der Waals surface area contributed by atoms with E-state index >= 15 is 0 Å². The molecule has 1 saturated heterocycles. The van der Waals surface area contributed by atoms with E-state index in [0.717, 1.165) is 32.7 Å². The van der Waals surface area contributed by atoms with Gasteiger partial charge in [0.15, 0.2) is 0 Å². The molecule has 1 aromatic rings. The van der Waals surface area contributed by atoms with Crippen LogP contribution in [0, 0.1) is 0 Å². The third kappa shape index (κ3) is 2.24. The first-order valence-electron chi connectivity index (χ1n) is 6.50. The molecule has 0 spiro atoms. The molecule has 6 heteroatoms. The van der Waals surface area contributed by atoms with Gasteiger partial charge in [-0.1, -0.05) is 0 Å². The molecule has 3 heterocycles. The molecule has 0 unspecified atom stereocenters. The van der Waals surface area contributed by atoms with Crippen molar-refractivity contribution in [3.05, 3.63) is 29.6 Å². The third-order valence-electron chi connectivity index (χ3n) is 3.62. The lowest BCUT2D eigenvalue weighted by atomic mass is 10.2. The second kappa shape index (κ2) is 5.07. The molecule has 100 valence electrons. The molecular weight excluding hydrogens is 244 g/mol. The maximum atomic E-state index is 12.1. The first-order chi connectivity index (χ1) is 9.27. The molecule has 1 aromatic heterocycles. The van der Waals surface area contributed by atoms with Crippen LogP contribution in [-0.2, 0) is 0 Å². The molecule has 6 nitrogen and oxygen atoms in total. The fourth-order valence-electron chi connectivity index (χ4n) is 2.51. The van der Waals surface area contributed by atoms with E-state index in [1.165, 1.54) is 11.1 Å². The van der Waals surface area contributed by atoms with Gasteiger partial charge >= 0.3 is 0 Å². The predicted molar refractivity (Wildman–Crippen MR) is 68.9 cm³/mol. The highest BCUT2D eigenvalue weighted by Crippen LogP contribution is 2.21. The second-order valence-electron chi connectivity index (χ2n) is 4.77. The lowest BCUT2D eigenvalue weighted by Gasteiger charge is -2.28. The van der Waals surface area contributed by atoms with Crippen LogP contribution in [0.25, 0.3) is 0 Å². The number of nitrogens with zero attached hydrogens (tertiary/aromatic N) is 3. The summed E-state index contributed by atoms with van der Waals surface area (Å²) in [6, 6.07) is 1.61. The minimum atomic E-state index is -0.219. The highest BCUT2D eigenvalue weighted by molar-refractivity contribution is 6.21. The lowest BCUT2D eigenvalue weighted by Crippen LogP contribution is -2.47. The van der Waals surface area contributed by atoms with E-state index < -0.39 is 0 Å². The number of fused-ring (bicyclic) bond motifs is 1. The van der Waals surface area contributed by atoms with Gasteiger partial charge in [0, 0.05) is 51.7 Å². The van der Waals surface area contributed by atoms with E-state index in [1.807, 2.05) is 0 Å². The smallest absolute Gasteiger partial charge is 0.263 e. The number of piperazine rings is 1. The van der Waals surface area contributed by atoms with E-state index in [2.05, 4.69) is 15.2 Å². The molecule has 0 atom stereocenters. The van der Waals surface area contributed by atoms with Crippen molar-refractivity contribution in [2.75, 3.05) is 39.3 Å². The molecular formula is C13H16N4O2. The number of hydrogen-bond donors (Lipinski definition) is 1. The Kier molecular flexibility index (Phi) is 3.27. The maximum absolute atomic E-state index is 12.1. The van der Waals surface area contributed by atoms with Gasteiger partial charge in [-0.15, -0.1) is 0 Å². The predicted octanol–water partition coefficient (Wildman–Crippen LogP) is -0.417. The van der Waals surface area contributed by atoms with Crippen molar-refractivity contribution >= 4 is 11.8 Å². The molecule has 0 aromatic carbocycles. The van der Waals surface area contributed by atoms with Gasteiger partial charge in [0.05, 0.1) is 11.1 Å². The molecule has 19 heavy (non-hydrogen) atoms. The zero-order valence-electron chi connectivity index (χ0n) is 10.6. The molecule has 0 radical (unpaired) electrons. The van der Waals surface area contributed by atoms with Crippen LogP contribution in [0.3, 0.4) is 0 Å². The summed E-state index contributed by atoms with van der Waals surface area (Å²) >= 11 is 0. The van der Waals surface area contributed by atoms with E-state index in [-0.39, 0.29) is 11.8 Å². The third-order valence-corrected chi connectivity index (χ3v) is 3.62. The van der Waals surface area contributed by atoms with Gasteiger partial charge in [0.2, 0.25) is 0 Å². The first kappa shape index (κ1) is 12.3. The average Bonchev–Trinajstić information content (AvgIpc) is 2.71. The van der Waals surface area contributed by atoms with E-state index in [9.17, 15) is 9.59 Å². The number of nitrogens with one attached hydrogen (secondary N) is 1. The van der Waals surface area contributed by atoms with Crippen LogP contribution in [0.15, 0.2) is 18.5 Å². The highest BCUT2D eigenvalue weighted by Gasteiger charge is 2.35. The fourth-order valence-corrected chi connectivity index (χ4v) is 2.51. The van der Waals surface area contributed by atoms with E-state index in [1.54, 1.807) is 12.3 Å². The second-order valence-corrected chi connectivity index (χ2v) is 4.77. The summed E-state index contributed by atoms with van der Waals surface area (Å²) in [5.41, 5.74) is 0.896. The molecule has 2 amide bonds. The Morgan fingerprint density at radius 1 is 1.11 bits per heavy atom. The summed E-state index contributed by atoms with van der Waals surface area (Å²) in [6.45, 7) is 5.04. The Morgan fingerprint density at radius 3 is 2.58 bits per heavy atom. The molecule has 2 aliphatic rings. The van der Waals surface area contributed by atoms with Gasteiger partial charge in [-0.3, -0.25) is 24.4 Å². The Bertz CT molecular complexity index is 476. The van der Waals surface area contributed by atoms with Crippen molar-refractivity contribution < 1.29 is 9.59 Å². The van der Waals surface area contributed by atoms with Gasteiger partial charge in [0.25, 0.3) is 11.8 Å². The Hall–Kier alpha value is -1.79. The van der Waals surface area contributed by atoms with Gasteiger partial charge in [-0.2, -0.15) is 0 Å². The SMILES string of the molecule is O=C1c2ccncc2C(=O)N1CCN1CCNCC1. The monoisotopic (exact) mass is 260 g/mol. The number of imide groups is 1. The van der Waals surface area contributed by atoms with Crippen LogP contribution in [0.5, 0.6) is 0 Å². The van der Waals surface area contributed by atoms with Gasteiger partial charge in [-0.25, -0.2) is 0 Å². The van der Waals surface area contributed by atoms with Gasteiger partial charge in [0.1, 0.15) is 0 Å². The quantitative estimate of drug-likeness (QED) is 0.748. The number of aromatic nitrogens is 1. The summed E-state index contributed by atoms with van der Waals surface area (Å²) in [5, 5.41) is 3.28. The largest absolute Gasteiger partial charge is 0.314 e. The summed E-state index contributed by atoms with van der Waals surface area (Å²) in [7, 11) is 0. The van der Waals surface area contributed by atoms with Crippen LogP contribution in [0.1, 0.15) is 20.7 Å². The standard InChI is InChI=1S/C13H16N4O2/c18-12-10-1-2-15-9-11(10)13(19)17(12)8-7-16-5-3-14-4-6-16/h1-2,9,14H,3-8H2. The van der Waals surface area contributed by atoms with E-state index in [0.29, 0.717) is 17.7 Å². The topological polar surface area (TPSA) is 65.5 Å². The first-order valence-corrected chi connectivity index (χ1v) is 6.50. The van der Waals surface area contributed by atoms with Crippen molar-refractivity contribution in [2.24, 2.45) is 0 Å². The molecule has 0 saturated carbocycles. The molecule has 0 aliphatic carbocycles. The zero-order valence-corrected chi connectivity index (χ0v) is 10.6. The number of carbonyl (C=O) groups is 2. The van der Waals surface area contributed by atoms with Crippen LogP contribution in [0.4, 0.5) is 0 Å². The maximum Gasteiger partial charge on any atom is 0.263 e. The van der Waals surface area contributed by atoms with Gasteiger partial charge in [-0.05, 0) is 6.07 Å². The summed E-state index contributed by atoms with van der Waals surface area (Å²) in [6.07, 6.45) is 3.02. The van der Waals surface area contributed by atoms with Crippen LogP contribution in [0.2, 0.25) is 0 Å². The Morgan fingerprint density at radius 2 is 1.84 bits per heavy atom. The summed E-state index contributed by atoms with van der Waals surface area (Å²) < 4.78 is 0. The fraction of sp³-hybridized carbons (Fsp3) is 0.462. The summed E-state index contributed by atoms with van der Waals surface area (Å²) in [5.74, 6) is -0.416. The number of amides is 2. The zero-order chi connectivity index (χ0) is 13.2. The van der Waals surface area contributed by atoms with Crippen molar-refractivity contribution in [2.45, 2.75) is 0 Å². The molecule has 1 fully saturated rings. The summed E-state index contributed by atoms with van der Waals surface area (Å²) in [4.78, 5) is 31.7. The normalized spacial score (nSPS) is 19.9. The van der Waals surface area contributed by atoms with Crippen LogP contribution in [-0.4, -0.2) is 65.9 Å². The molecule has 1 N–H and O–H groups in total. The molecule has 3 rings (SSSR count). The van der Waals surface area contributed by atoms with Crippen molar-refractivity contribution in [3.8, 4) is 0 Å².